The minimum Gasteiger partial charge on any atom is -0.345 e. The van der Waals surface area contributed by atoms with E-state index in [1.54, 1.807) is 10.9 Å². The number of nitro groups is 1. The minimum absolute atomic E-state index is 0.155. The largest absolute Gasteiger partial charge is 0.345 e. The maximum Gasteiger partial charge on any atom is 0.319 e. The van der Waals surface area contributed by atoms with Crippen molar-refractivity contribution in [1.29, 1.82) is 0 Å². The molecule has 0 fully saturated rings. The van der Waals surface area contributed by atoms with Gasteiger partial charge in [0.1, 0.15) is 6.20 Å². The molecule has 2 aromatic heterocycles. The van der Waals surface area contributed by atoms with Crippen LogP contribution in [0.5, 0.6) is 0 Å². The zero-order valence-corrected chi connectivity index (χ0v) is 12.0. The molecule has 0 bridgehead atoms. The number of aromatic nitrogens is 4. The summed E-state index contributed by atoms with van der Waals surface area (Å²) in [5.74, 6) is -0.604. The summed E-state index contributed by atoms with van der Waals surface area (Å²) in [7, 11) is 0. The summed E-state index contributed by atoms with van der Waals surface area (Å²) < 4.78 is 2.48. The third-order valence-corrected chi connectivity index (χ3v) is 3.23. The minimum atomic E-state index is -0.667. The van der Waals surface area contributed by atoms with E-state index in [0.29, 0.717) is 12.2 Å². The van der Waals surface area contributed by atoms with Crippen LogP contribution in [0.2, 0.25) is 0 Å². The molecule has 0 saturated carbocycles. The molecule has 2 rings (SSSR count). The van der Waals surface area contributed by atoms with Crippen LogP contribution < -0.4 is 5.32 Å². The van der Waals surface area contributed by atoms with Gasteiger partial charge in [-0.2, -0.15) is 10.2 Å². The molecule has 2 N–H and O–H groups in total. The van der Waals surface area contributed by atoms with Crippen molar-refractivity contribution in [3.8, 4) is 0 Å². The lowest BCUT2D eigenvalue weighted by Crippen LogP contribution is -2.24. The number of amides is 1. The molecule has 0 aliphatic carbocycles. The molecule has 20 heavy (non-hydrogen) atoms. The van der Waals surface area contributed by atoms with Crippen LogP contribution in [-0.4, -0.2) is 30.8 Å². The van der Waals surface area contributed by atoms with Gasteiger partial charge in [0.05, 0.1) is 21.6 Å². The SMILES string of the molecule is CCn1cc(Br)c(CNC(=O)c2[nH]ncc2[N+](=O)[O-])n1. The number of nitrogens with one attached hydrogen (secondary N) is 2. The van der Waals surface area contributed by atoms with E-state index in [1.807, 2.05) is 6.92 Å². The first-order chi connectivity index (χ1) is 9.52. The van der Waals surface area contributed by atoms with Crippen LogP contribution in [0.25, 0.3) is 0 Å². The molecule has 0 atom stereocenters. The van der Waals surface area contributed by atoms with Crippen molar-refractivity contribution < 1.29 is 9.72 Å². The molecule has 9 nitrogen and oxygen atoms in total. The van der Waals surface area contributed by atoms with E-state index in [2.05, 4.69) is 36.5 Å². The van der Waals surface area contributed by atoms with Crippen LogP contribution in [0.3, 0.4) is 0 Å². The molecule has 106 valence electrons. The molecule has 10 heteroatoms. The van der Waals surface area contributed by atoms with Crippen molar-refractivity contribution >= 4 is 27.5 Å². The Morgan fingerprint density at radius 2 is 2.40 bits per heavy atom. The van der Waals surface area contributed by atoms with Crippen molar-refractivity contribution in [1.82, 2.24) is 25.3 Å². The monoisotopic (exact) mass is 342 g/mol. The Hall–Kier alpha value is -2.23. The van der Waals surface area contributed by atoms with E-state index in [0.717, 1.165) is 10.7 Å². The number of aryl methyl sites for hydroxylation is 1. The van der Waals surface area contributed by atoms with Gasteiger partial charge in [-0.25, -0.2) is 0 Å². The van der Waals surface area contributed by atoms with Crippen molar-refractivity contribution in [2.45, 2.75) is 20.0 Å². The zero-order valence-electron chi connectivity index (χ0n) is 10.5. The molecule has 0 radical (unpaired) electrons. The molecule has 0 saturated heterocycles. The Labute approximate surface area is 121 Å². The van der Waals surface area contributed by atoms with Crippen LogP contribution >= 0.6 is 15.9 Å². The smallest absolute Gasteiger partial charge is 0.319 e. The Morgan fingerprint density at radius 3 is 3.00 bits per heavy atom. The molecule has 1 amide bonds. The first kappa shape index (κ1) is 14.2. The van der Waals surface area contributed by atoms with Gasteiger partial charge in [0.15, 0.2) is 0 Å². The summed E-state index contributed by atoms with van der Waals surface area (Å²) in [5, 5.41) is 23.3. The summed E-state index contributed by atoms with van der Waals surface area (Å²) in [6.45, 7) is 2.80. The van der Waals surface area contributed by atoms with E-state index in [4.69, 9.17) is 0 Å². The third kappa shape index (κ3) is 2.85. The number of halogens is 1. The van der Waals surface area contributed by atoms with Gasteiger partial charge in [-0.1, -0.05) is 0 Å². The quantitative estimate of drug-likeness (QED) is 0.625. The molecule has 2 heterocycles. The number of rotatable bonds is 5. The van der Waals surface area contributed by atoms with Crippen LogP contribution in [0, 0.1) is 10.1 Å². The normalized spacial score (nSPS) is 10.5. The molecule has 0 aliphatic heterocycles. The van der Waals surface area contributed by atoms with Crippen molar-refractivity contribution in [2.75, 3.05) is 0 Å². The van der Waals surface area contributed by atoms with Crippen molar-refractivity contribution in [3.63, 3.8) is 0 Å². The van der Waals surface area contributed by atoms with Gasteiger partial charge in [0, 0.05) is 12.7 Å². The number of carbonyl (C=O) groups is 1. The second-order valence-electron chi connectivity index (χ2n) is 3.85. The van der Waals surface area contributed by atoms with Gasteiger partial charge in [0.2, 0.25) is 5.69 Å². The number of hydrogen-bond acceptors (Lipinski definition) is 5. The second kappa shape index (κ2) is 5.82. The second-order valence-corrected chi connectivity index (χ2v) is 4.70. The number of carbonyl (C=O) groups excluding carboxylic acids is 1. The highest BCUT2D eigenvalue weighted by molar-refractivity contribution is 9.10. The lowest BCUT2D eigenvalue weighted by atomic mass is 10.3. The van der Waals surface area contributed by atoms with Crippen LogP contribution in [-0.2, 0) is 13.1 Å². The Bertz CT molecular complexity index is 649. The molecule has 0 spiro atoms. The molecule has 0 aromatic carbocycles. The van der Waals surface area contributed by atoms with Gasteiger partial charge in [-0.3, -0.25) is 24.7 Å². The lowest BCUT2D eigenvalue weighted by molar-refractivity contribution is -0.385. The molecular weight excluding hydrogens is 332 g/mol. The van der Waals surface area contributed by atoms with Crippen LogP contribution in [0.4, 0.5) is 5.69 Å². The predicted octanol–water partition coefficient (Wildman–Crippen LogP) is 1.23. The summed E-state index contributed by atoms with van der Waals surface area (Å²) in [6, 6.07) is 0. The number of nitrogens with zero attached hydrogens (tertiary/aromatic N) is 4. The van der Waals surface area contributed by atoms with E-state index < -0.39 is 10.8 Å². The highest BCUT2D eigenvalue weighted by Gasteiger charge is 2.22. The number of hydrogen-bond donors (Lipinski definition) is 2. The van der Waals surface area contributed by atoms with Gasteiger partial charge in [-0.05, 0) is 22.9 Å². The molecule has 0 aliphatic rings. The standard InChI is InChI=1S/C10H11BrN6O3/c1-2-16-5-6(11)7(15-16)3-12-10(18)9-8(17(19)20)4-13-14-9/h4-5H,2-3H2,1H3,(H,12,18)(H,13,14). The number of H-pyrrole nitrogens is 1. The Balaban J connectivity index is 2.06. The maximum atomic E-state index is 11.9. The predicted molar refractivity (Wildman–Crippen MR) is 72.0 cm³/mol. The molecular formula is C10H11BrN6O3. The fraction of sp³-hybridized carbons (Fsp3) is 0.300. The first-order valence-corrected chi connectivity index (χ1v) is 6.50. The van der Waals surface area contributed by atoms with Gasteiger partial charge < -0.3 is 5.32 Å². The maximum absolute atomic E-state index is 11.9. The van der Waals surface area contributed by atoms with Crippen LogP contribution in [0.1, 0.15) is 23.1 Å². The van der Waals surface area contributed by atoms with Gasteiger partial charge in [0.25, 0.3) is 5.91 Å². The Kier molecular flexibility index (Phi) is 4.13. The third-order valence-electron chi connectivity index (χ3n) is 2.57. The summed E-state index contributed by atoms with van der Waals surface area (Å²) in [5.41, 5.74) is 0.101. The van der Waals surface area contributed by atoms with Crippen molar-refractivity contribution in [3.05, 3.63) is 38.4 Å². The van der Waals surface area contributed by atoms with Crippen LogP contribution in [0.15, 0.2) is 16.9 Å². The first-order valence-electron chi connectivity index (χ1n) is 5.70. The molecule has 2 aromatic rings. The Morgan fingerprint density at radius 1 is 1.65 bits per heavy atom. The average molecular weight is 343 g/mol. The van der Waals surface area contributed by atoms with E-state index in [9.17, 15) is 14.9 Å². The van der Waals surface area contributed by atoms with Crippen molar-refractivity contribution in [2.24, 2.45) is 0 Å². The fourth-order valence-corrected chi connectivity index (χ4v) is 2.01. The summed E-state index contributed by atoms with van der Waals surface area (Å²) in [6.07, 6.45) is 2.79. The highest BCUT2D eigenvalue weighted by Crippen LogP contribution is 2.16. The van der Waals surface area contributed by atoms with E-state index in [1.165, 1.54) is 0 Å². The fourth-order valence-electron chi connectivity index (χ4n) is 1.56. The number of aromatic amines is 1. The highest BCUT2D eigenvalue weighted by atomic mass is 79.9. The lowest BCUT2D eigenvalue weighted by Gasteiger charge is -2.01. The topological polar surface area (TPSA) is 119 Å². The zero-order chi connectivity index (χ0) is 14.7. The molecule has 0 unspecified atom stereocenters. The summed E-state index contributed by atoms with van der Waals surface area (Å²) >= 11 is 3.33. The van der Waals surface area contributed by atoms with E-state index >= 15 is 0 Å². The van der Waals surface area contributed by atoms with Gasteiger partial charge in [-0.15, -0.1) is 0 Å². The van der Waals surface area contributed by atoms with E-state index in [-0.39, 0.29) is 17.9 Å². The summed E-state index contributed by atoms with van der Waals surface area (Å²) in [4.78, 5) is 21.9. The van der Waals surface area contributed by atoms with Gasteiger partial charge >= 0.3 is 5.69 Å². The average Bonchev–Trinajstić information content (AvgIpc) is 3.02.